The summed E-state index contributed by atoms with van der Waals surface area (Å²) >= 11 is 6.11. The van der Waals surface area contributed by atoms with Gasteiger partial charge in [0.15, 0.2) is 0 Å². The molecule has 3 N–H and O–H groups in total. The number of nitrogen functional groups attached to an aromatic ring is 1. The van der Waals surface area contributed by atoms with E-state index in [0.717, 1.165) is 18.9 Å². The number of aromatic nitrogens is 2. The Morgan fingerprint density at radius 1 is 1.19 bits per heavy atom. The summed E-state index contributed by atoms with van der Waals surface area (Å²) in [5.41, 5.74) is 5.84. The van der Waals surface area contributed by atoms with E-state index in [2.05, 4.69) is 15.3 Å². The Morgan fingerprint density at radius 2 is 1.95 bits per heavy atom. The summed E-state index contributed by atoms with van der Waals surface area (Å²) in [6.45, 7) is 3.86. The fraction of sp³-hybridized carbons (Fsp3) is 0.414. The normalized spacial score (nSPS) is 19.1. The molecule has 2 aliphatic rings. The number of benzene rings is 2. The number of carbonyl (C=O) groups excluding carboxylic acids is 1. The topological polar surface area (TPSA) is 103 Å². The number of hydrogen-bond donors (Lipinski definition) is 2. The van der Waals surface area contributed by atoms with Gasteiger partial charge < -0.3 is 25.4 Å². The smallest absolute Gasteiger partial charge is 0.429 e. The van der Waals surface area contributed by atoms with E-state index in [9.17, 15) is 22.4 Å². The van der Waals surface area contributed by atoms with Crippen molar-refractivity contribution in [2.24, 2.45) is 5.41 Å². The van der Waals surface area contributed by atoms with Gasteiger partial charge in [-0.1, -0.05) is 29.8 Å². The van der Waals surface area contributed by atoms with Gasteiger partial charge in [0.05, 0.1) is 6.61 Å². The van der Waals surface area contributed by atoms with Gasteiger partial charge in [-0.2, -0.15) is 23.1 Å². The van der Waals surface area contributed by atoms with Gasteiger partial charge in [-0.15, -0.1) is 0 Å². The number of nitrogens with two attached hydrogens (primary N) is 1. The Labute approximate surface area is 245 Å². The van der Waals surface area contributed by atoms with Gasteiger partial charge in [-0.05, 0) is 67.0 Å². The zero-order valence-corrected chi connectivity index (χ0v) is 23.5. The summed E-state index contributed by atoms with van der Waals surface area (Å²) in [5.74, 6) is -1.13. The van der Waals surface area contributed by atoms with Crippen molar-refractivity contribution in [3.63, 3.8) is 0 Å². The van der Waals surface area contributed by atoms with E-state index in [1.54, 1.807) is 6.92 Å². The van der Waals surface area contributed by atoms with Gasteiger partial charge in [0.1, 0.15) is 17.7 Å². The highest BCUT2D eigenvalue weighted by molar-refractivity contribution is 6.30. The molecule has 2 aliphatic heterocycles. The van der Waals surface area contributed by atoms with Crippen molar-refractivity contribution in [3.8, 4) is 17.0 Å². The molecule has 5 rings (SSSR count). The lowest BCUT2D eigenvalue weighted by molar-refractivity contribution is -0.198. The molecular weight excluding hydrogens is 578 g/mol. The predicted octanol–water partition coefficient (Wildman–Crippen LogP) is 5.71. The Bertz CT molecular complexity index is 1450. The van der Waals surface area contributed by atoms with Gasteiger partial charge in [-0.3, -0.25) is 4.79 Å². The molecule has 2 aromatic carbocycles. The molecule has 0 bridgehead atoms. The van der Waals surface area contributed by atoms with E-state index in [4.69, 9.17) is 26.8 Å². The average molecular weight is 608 g/mol. The number of alkyl halides is 3. The molecule has 3 aromatic rings. The van der Waals surface area contributed by atoms with E-state index in [0.29, 0.717) is 38.5 Å². The average Bonchev–Trinajstić information content (AvgIpc) is 3.35. The minimum atomic E-state index is -4.86. The number of esters is 1. The van der Waals surface area contributed by atoms with Crippen LogP contribution < -0.4 is 20.7 Å². The standard InChI is InChI=1S/C29H30ClF4N5O3/c1-2-41-26(40)22-15-28(16-36-22)8-10-39(11-9-28)23-14-24(38-27(35)37-23)42-25(29(32,33)34)20-7-6-18(30)13-21(20)17-4-3-5-19(31)12-17/h3-7,12-14,22,25,36H,2,8-11,15-16H2,1H3,(H2,35,37,38)/t22-,25+/m0/s1. The molecule has 0 radical (unpaired) electrons. The highest BCUT2D eigenvalue weighted by Gasteiger charge is 2.46. The first kappa shape index (κ1) is 29.8. The Morgan fingerprint density at radius 3 is 2.64 bits per heavy atom. The SMILES string of the molecule is CCOC(=O)[C@@H]1CC2(CCN(c3cc(O[C@H](c4ccc(Cl)cc4-c4cccc(F)c4)C(F)(F)F)nc(N)n3)CC2)CN1. The molecule has 1 spiro atoms. The molecule has 224 valence electrons. The van der Waals surface area contributed by atoms with Crippen LogP contribution >= 0.6 is 11.6 Å². The predicted molar refractivity (Wildman–Crippen MR) is 150 cm³/mol. The molecule has 42 heavy (non-hydrogen) atoms. The van der Waals surface area contributed by atoms with Crippen molar-refractivity contribution in [3.05, 3.63) is 64.9 Å². The van der Waals surface area contributed by atoms with Crippen LogP contribution in [0.25, 0.3) is 11.1 Å². The van der Waals surface area contributed by atoms with Crippen molar-refractivity contribution in [2.45, 2.75) is 44.5 Å². The number of piperidine rings is 1. The van der Waals surface area contributed by atoms with E-state index in [1.165, 1.54) is 42.5 Å². The third-order valence-corrected chi connectivity index (χ3v) is 7.99. The summed E-state index contributed by atoms with van der Waals surface area (Å²) in [6.07, 6.45) is -5.18. The third-order valence-electron chi connectivity index (χ3n) is 7.76. The maximum atomic E-state index is 14.5. The van der Waals surface area contributed by atoms with Gasteiger partial charge in [0.25, 0.3) is 0 Å². The fourth-order valence-corrected chi connectivity index (χ4v) is 5.83. The molecule has 0 unspecified atom stereocenters. The minimum Gasteiger partial charge on any atom is -0.465 e. The van der Waals surface area contributed by atoms with Crippen LogP contribution in [0.5, 0.6) is 5.88 Å². The van der Waals surface area contributed by atoms with E-state index in [-0.39, 0.29) is 51.0 Å². The molecule has 1 aromatic heterocycles. The van der Waals surface area contributed by atoms with Crippen LogP contribution in [0.15, 0.2) is 48.5 Å². The Hall–Kier alpha value is -3.64. The summed E-state index contributed by atoms with van der Waals surface area (Å²) in [7, 11) is 0. The molecule has 8 nitrogen and oxygen atoms in total. The van der Waals surface area contributed by atoms with Crippen molar-refractivity contribution in [1.82, 2.24) is 15.3 Å². The van der Waals surface area contributed by atoms with Crippen LogP contribution in [-0.4, -0.2) is 54.4 Å². The molecule has 0 saturated carbocycles. The lowest BCUT2D eigenvalue weighted by Crippen LogP contribution is -2.41. The number of carbonyl (C=O) groups is 1. The first-order valence-corrected chi connectivity index (χ1v) is 13.9. The molecule has 0 amide bonds. The van der Waals surface area contributed by atoms with E-state index >= 15 is 0 Å². The molecular formula is C29H30ClF4N5O3. The molecule has 2 saturated heterocycles. The zero-order chi connectivity index (χ0) is 30.1. The van der Waals surface area contributed by atoms with Crippen LogP contribution in [-0.2, 0) is 9.53 Å². The van der Waals surface area contributed by atoms with Crippen LogP contribution in [0.4, 0.5) is 29.3 Å². The number of nitrogens with one attached hydrogen (secondary N) is 1. The number of halogens is 5. The highest BCUT2D eigenvalue weighted by Crippen LogP contribution is 2.43. The summed E-state index contributed by atoms with van der Waals surface area (Å²) in [6, 6.07) is 10.0. The van der Waals surface area contributed by atoms with Crippen molar-refractivity contribution in [1.29, 1.82) is 0 Å². The molecule has 0 aliphatic carbocycles. The van der Waals surface area contributed by atoms with Crippen LogP contribution in [0, 0.1) is 11.2 Å². The second kappa shape index (κ2) is 11.9. The van der Waals surface area contributed by atoms with Crippen LogP contribution in [0.1, 0.15) is 37.9 Å². The first-order chi connectivity index (χ1) is 20.0. The lowest BCUT2D eigenvalue weighted by atomic mass is 9.76. The minimum absolute atomic E-state index is 0.0687. The Kier molecular flexibility index (Phi) is 8.47. The Balaban J connectivity index is 1.37. The number of nitrogens with zero attached hydrogens (tertiary/aromatic N) is 3. The van der Waals surface area contributed by atoms with Gasteiger partial charge in [0.2, 0.25) is 17.9 Å². The molecule has 2 atom stereocenters. The summed E-state index contributed by atoms with van der Waals surface area (Å²) in [5, 5.41) is 3.44. The number of hydrogen-bond acceptors (Lipinski definition) is 8. The quantitative estimate of drug-likeness (QED) is 0.260. The van der Waals surface area contributed by atoms with Crippen molar-refractivity contribution >= 4 is 29.3 Å². The number of rotatable bonds is 7. The highest BCUT2D eigenvalue weighted by atomic mass is 35.5. The summed E-state index contributed by atoms with van der Waals surface area (Å²) < 4.78 is 68.0. The second-order valence-corrected chi connectivity index (χ2v) is 11.0. The van der Waals surface area contributed by atoms with Crippen LogP contribution in [0.2, 0.25) is 5.02 Å². The first-order valence-electron chi connectivity index (χ1n) is 13.5. The third kappa shape index (κ3) is 6.54. The number of ether oxygens (including phenoxy) is 2. The zero-order valence-electron chi connectivity index (χ0n) is 22.8. The van der Waals surface area contributed by atoms with E-state index in [1.807, 2.05) is 4.90 Å². The maximum Gasteiger partial charge on any atom is 0.429 e. The van der Waals surface area contributed by atoms with Gasteiger partial charge >= 0.3 is 12.1 Å². The molecule has 13 heteroatoms. The number of anilines is 2. The second-order valence-electron chi connectivity index (χ2n) is 10.6. The van der Waals surface area contributed by atoms with Crippen molar-refractivity contribution < 1.29 is 31.8 Å². The monoisotopic (exact) mass is 607 g/mol. The molecule has 3 heterocycles. The molecule has 2 fully saturated rings. The lowest BCUT2D eigenvalue weighted by Gasteiger charge is -2.39. The van der Waals surface area contributed by atoms with Crippen LogP contribution in [0.3, 0.4) is 0 Å². The van der Waals surface area contributed by atoms with E-state index < -0.39 is 18.1 Å². The van der Waals surface area contributed by atoms with Crippen molar-refractivity contribution in [2.75, 3.05) is 36.9 Å². The largest absolute Gasteiger partial charge is 0.465 e. The van der Waals surface area contributed by atoms with Gasteiger partial charge in [0, 0.05) is 36.3 Å². The fourth-order valence-electron chi connectivity index (χ4n) is 5.66. The maximum absolute atomic E-state index is 14.5. The summed E-state index contributed by atoms with van der Waals surface area (Å²) in [4.78, 5) is 22.3. The van der Waals surface area contributed by atoms with Gasteiger partial charge in [-0.25, -0.2) is 4.39 Å².